The van der Waals surface area contributed by atoms with Gasteiger partial charge in [-0.15, -0.1) is 10.2 Å². The molecule has 2 aromatic heterocycles. The molecule has 5 nitrogen and oxygen atoms in total. The molecule has 1 saturated carbocycles. The lowest BCUT2D eigenvalue weighted by atomic mass is 10.1. The van der Waals surface area contributed by atoms with E-state index in [1.54, 1.807) is 11.8 Å². The summed E-state index contributed by atoms with van der Waals surface area (Å²) in [5.41, 5.74) is 3.44. The molecule has 2 aromatic carbocycles. The van der Waals surface area contributed by atoms with E-state index in [2.05, 4.69) is 50.1 Å². The Kier molecular flexibility index (Phi) is 4.56. The van der Waals surface area contributed by atoms with Crippen molar-refractivity contribution in [3.63, 3.8) is 0 Å². The van der Waals surface area contributed by atoms with Gasteiger partial charge in [-0.05, 0) is 31.9 Å². The zero-order valence-corrected chi connectivity index (χ0v) is 16.6. The second-order valence-corrected chi connectivity index (χ2v) is 7.93. The molecule has 28 heavy (non-hydrogen) atoms. The van der Waals surface area contributed by atoms with Gasteiger partial charge in [0, 0.05) is 40.0 Å². The fourth-order valence-corrected chi connectivity index (χ4v) is 4.54. The van der Waals surface area contributed by atoms with Crippen molar-refractivity contribution >= 4 is 22.7 Å². The van der Waals surface area contributed by atoms with E-state index in [-0.39, 0.29) is 0 Å². The predicted octanol–water partition coefficient (Wildman–Crippen LogP) is 5.45. The van der Waals surface area contributed by atoms with Crippen LogP contribution in [-0.4, -0.2) is 26.4 Å². The number of ether oxygens (including phenoxy) is 1. The zero-order chi connectivity index (χ0) is 18.9. The molecule has 1 aliphatic rings. The van der Waals surface area contributed by atoms with Crippen molar-refractivity contribution in [1.82, 2.24) is 19.7 Å². The number of rotatable bonds is 7. The number of thioether (sulfide) groups is 1. The monoisotopic (exact) mass is 390 g/mol. The SMILES string of the molecule is CCOc1ccccc1CSc1nnc(-c2c[nH]c3ccccc23)n1C1CC1. The summed E-state index contributed by atoms with van der Waals surface area (Å²) in [6.45, 7) is 2.69. The Labute approximate surface area is 168 Å². The highest BCUT2D eigenvalue weighted by atomic mass is 32.2. The molecule has 5 rings (SSSR count). The van der Waals surface area contributed by atoms with Crippen LogP contribution in [0.5, 0.6) is 5.75 Å². The molecular formula is C22H22N4OS. The first-order valence-electron chi connectivity index (χ1n) is 9.70. The molecule has 1 fully saturated rings. The summed E-state index contributed by atoms with van der Waals surface area (Å²) in [7, 11) is 0. The average molecular weight is 391 g/mol. The molecule has 1 aliphatic carbocycles. The van der Waals surface area contributed by atoms with Crippen LogP contribution in [0.3, 0.4) is 0 Å². The van der Waals surface area contributed by atoms with Crippen LogP contribution in [0.2, 0.25) is 0 Å². The van der Waals surface area contributed by atoms with Crippen molar-refractivity contribution in [1.29, 1.82) is 0 Å². The van der Waals surface area contributed by atoms with E-state index in [1.165, 1.54) is 23.8 Å². The number of hydrogen-bond donors (Lipinski definition) is 1. The summed E-state index contributed by atoms with van der Waals surface area (Å²) in [5, 5.41) is 11.3. The first kappa shape index (κ1) is 17.4. The minimum Gasteiger partial charge on any atom is -0.494 e. The van der Waals surface area contributed by atoms with Gasteiger partial charge in [-0.2, -0.15) is 0 Å². The fourth-order valence-electron chi connectivity index (χ4n) is 3.54. The Balaban J connectivity index is 1.47. The highest BCUT2D eigenvalue weighted by Crippen LogP contribution is 2.42. The number of nitrogens with one attached hydrogen (secondary N) is 1. The summed E-state index contributed by atoms with van der Waals surface area (Å²) >= 11 is 1.73. The van der Waals surface area contributed by atoms with E-state index in [0.29, 0.717) is 12.6 Å². The first-order valence-corrected chi connectivity index (χ1v) is 10.7. The molecule has 0 spiro atoms. The van der Waals surface area contributed by atoms with Crippen molar-refractivity contribution in [3.8, 4) is 17.1 Å². The minimum absolute atomic E-state index is 0.503. The summed E-state index contributed by atoms with van der Waals surface area (Å²) in [6.07, 6.45) is 4.43. The second kappa shape index (κ2) is 7.36. The van der Waals surface area contributed by atoms with E-state index in [4.69, 9.17) is 4.74 Å². The van der Waals surface area contributed by atoms with Crippen LogP contribution < -0.4 is 4.74 Å². The van der Waals surface area contributed by atoms with Crippen molar-refractivity contribution in [2.24, 2.45) is 0 Å². The maximum atomic E-state index is 5.77. The zero-order valence-electron chi connectivity index (χ0n) is 15.8. The third kappa shape index (κ3) is 3.18. The quantitative estimate of drug-likeness (QED) is 0.426. The highest BCUT2D eigenvalue weighted by Gasteiger charge is 2.31. The molecule has 0 saturated heterocycles. The number of aromatic amines is 1. The Morgan fingerprint density at radius 1 is 1.11 bits per heavy atom. The number of para-hydroxylation sites is 2. The van der Waals surface area contributed by atoms with Gasteiger partial charge in [0.1, 0.15) is 5.75 Å². The largest absolute Gasteiger partial charge is 0.494 e. The molecule has 0 radical (unpaired) electrons. The predicted molar refractivity (Wildman–Crippen MR) is 113 cm³/mol. The Morgan fingerprint density at radius 2 is 1.93 bits per heavy atom. The molecule has 0 amide bonds. The summed E-state index contributed by atoms with van der Waals surface area (Å²) < 4.78 is 8.09. The maximum absolute atomic E-state index is 5.77. The van der Waals surface area contributed by atoms with E-state index in [1.807, 2.05) is 31.3 Å². The van der Waals surface area contributed by atoms with Crippen LogP contribution in [0.25, 0.3) is 22.3 Å². The summed E-state index contributed by atoms with van der Waals surface area (Å²) in [5.74, 6) is 2.72. The molecule has 0 atom stereocenters. The van der Waals surface area contributed by atoms with Crippen LogP contribution >= 0.6 is 11.8 Å². The molecule has 0 aliphatic heterocycles. The highest BCUT2D eigenvalue weighted by molar-refractivity contribution is 7.98. The van der Waals surface area contributed by atoms with Gasteiger partial charge in [0.05, 0.1) is 6.61 Å². The normalized spacial score (nSPS) is 13.9. The lowest BCUT2D eigenvalue weighted by Gasteiger charge is -2.11. The standard InChI is InChI=1S/C22H22N4OS/c1-2-27-20-10-6-3-7-15(20)14-28-22-25-24-21(26(22)16-11-12-16)18-13-23-19-9-5-4-8-17(18)19/h3-10,13,16,23H,2,11-12,14H2,1H3. The lowest BCUT2D eigenvalue weighted by Crippen LogP contribution is -2.00. The number of H-pyrrole nitrogens is 1. The van der Waals surface area contributed by atoms with Gasteiger partial charge >= 0.3 is 0 Å². The Morgan fingerprint density at radius 3 is 2.79 bits per heavy atom. The van der Waals surface area contributed by atoms with Crippen molar-refractivity contribution in [2.75, 3.05) is 6.61 Å². The van der Waals surface area contributed by atoms with E-state index in [0.717, 1.165) is 33.6 Å². The molecule has 1 N–H and O–H groups in total. The van der Waals surface area contributed by atoms with Gasteiger partial charge in [0.25, 0.3) is 0 Å². The molecule has 6 heteroatoms. The van der Waals surface area contributed by atoms with Gasteiger partial charge in [-0.1, -0.05) is 48.2 Å². The molecule has 4 aromatic rings. The Hall–Kier alpha value is -2.73. The molecule has 142 valence electrons. The number of fused-ring (bicyclic) bond motifs is 1. The summed E-state index contributed by atoms with van der Waals surface area (Å²) in [4.78, 5) is 3.36. The second-order valence-electron chi connectivity index (χ2n) is 6.98. The molecular weight excluding hydrogens is 368 g/mol. The van der Waals surface area contributed by atoms with Gasteiger partial charge in [-0.25, -0.2) is 0 Å². The van der Waals surface area contributed by atoms with Crippen LogP contribution in [-0.2, 0) is 5.75 Å². The fraction of sp³-hybridized carbons (Fsp3) is 0.273. The molecule has 2 heterocycles. The van der Waals surface area contributed by atoms with E-state index >= 15 is 0 Å². The van der Waals surface area contributed by atoms with Crippen LogP contribution in [0, 0.1) is 0 Å². The van der Waals surface area contributed by atoms with Crippen LogP contribution in [0.15, 0.2) is 59.9 Å². The topological polar surface area (TPSA) is 55.7 Å². The molecule has 0 unspecified atom stereocenters. The number of hydrogen-bond acceptors (Lipinski definition) is 4. The van der Waals surface area contributed by atoms with Crippen molar-refractivity contribution in [3.05, 3.63) is 60.3 Å². The average Bonchev–Trinajstić information content (AvgIpc) is 3.34. The van der Waals surface area contributed by atoms with Crippen molar-refractivity contribution < 1.29 is 4.74 Å². The number of nitrogens with zero attached hydrogens (tertiary/aromatic N) is 3. The number of benzene rings is 2. The van der Waals surface area contributed by atoms with E-state index in [9.17, 15) is 0 Å². The van der Waals surface area contributed by atoms with Crippen molar-refractivity contribution in [2.45, 2.75) is 36.7 Å². The van der Waals surface area contributed by atoms with Crippen LogP contribution in [0.1, 0.15) is 31.4 Å². The summed E-state index contributed by atoms with van der Waals surface area (Å²) in [6, 6.07) is 17.1. The van der Waals surface area contributed by atoms with Gasteiger partial charge in [-0.3, -0.25) is 4.57 Å². The number of aromatic nitrogens is 4. The van der Waals surface area contributed by atoms with Gasteiger partial charge in [0.2, 0.25) is 0 Å². The smallest absolute Gasteiger partial charge is 0.192 e. The lowest BCUT2D eigenvalue weighted by molar-refractivity contribution is 0.337. The van der Waals surface area contributed by atoms with Gasteiger partial charge in [0.15, 0.2) is 11.0 Å². The van der Waals surface area contributed by atoms with Crippen LogP contribution in [0.4, 0.5) is 0 Å². The Bertz CT molecular complexity index is 1110. The third-order valence-electron chi connectivity index (χ3n) is 5.04. The maximum Gasteiger partial charge on any atom is 0.192 e. The minimum atomic E-state index is 0.503. The molecule has 0 bridgehead atoms. The first-order chi connectivity index (χ1) is 13.8. The van der Waals surface area contributed by atoms with Gasteiger partial charge < -0.3 is 9.72 Å². The van der Waals surface area contributed by atoms with E-state index < -0.39 is 0 Å². The third-order valence-corrected chi connectivity index (χ3v) is 6.03.